The minimum atomic E-state index is -4.45. The number of benzene rings is 1. The number of nitrogens with one attached hydrogen (secondary N) is 1. The van der Waals surface area contributed by atoms with Crippen molar-refractivity contribution in [3.05, 3.63) is 60.4 Å². The summed E-state index contributed by atoms with van der Waals surface area (Å²) in [6, 6.07) is 9.44. The number of nitrogens with two attached hydrogens (primary N) is 1. The van der Waals surface area contributed by atoms with Crippen molar-refractivity contribution < 1.29 is 22.7 Å². The Morgan fingerprint density at radius 2 is 1.76 bits per heavy atom. The molecule has 7 nitrogen and oxygen atoms in total. The lowest BCUT2D eigenvalue weighted by Gasteiger charge is -2.09. The van der Waals surface area contributed by atoms with Gasteiger partial charge in [0.25, 0.3) is 0 Å². The molecule has 1 aromatic carbocycles. The van der Waals surface area contributed by atoms with E-state index in [0.29, 0.717) is 46.4 Å². The van der Waals surface area contributed by atoms with E-state index in [2.05, 4.69) is 34.1 Å². The molecule has 4 rings (SSSR count). The number of aromatic nitrogens is 3. The summed E-state index contributed by atoms with van der Waals surface area (Å²) < 4.78 is 44.9. The van der Waals surface area contributed by atoms with Crippen LogP contribution >= 0.6 is 0 Å². The van der Waals surface area contributed by atoms with Gasteiger partial charge in [0.15, 0.2) is 17.3 Å². The summed E-state index contributed by atoms with van der Waals surface area (Å²) >= 11 is 0. The van der Waals surface area contributed by atoms with Crippen molar-refractivity contribution in [2.24, 2.45) is 5.92 Å². The van der Waals surface area contributed by atoms with E-state index in [4.69, 9.17) is 10.2 Å². The van der Waals surface area contributed by atoms with E-state index in [1.54, 1.807) is 18.3 Å². The Morgan fingerprint density at radius 1 is 1.03 bits per heavy atom. The molecule has 0 radical (unpaired) electrons. The van der Waals surface area contributed by atoms with Crippen molar-refractivity contribution in [3.63, 3.8) is 0 Å². The number of anilines is 2. The summed E-state index contributed by atoms with van der Waals surface area (Å²) in [5.41, 5.74) is 6.63. The first-order valence-electron chi connectivity index (χ1n) is 10.5. The quantitative estimate of drug-likeness (QED) is 0.325. The number of hydrogen-bond acceptors (Lipinski definition) is 7. The summed E-state index contributed by atoms with van der Waals surface area (Å²) in [6.45, 7) is 4.86. The van der Waals surface area contributed by atoms with Gasteiger partial charge in [0, 0.05) is 35.6 Å². The molecule has 0 aliphatic rings. The van der Waals surface area contributed by atoms with Gasteiger partial charge >= 0.3 is 6.18 Å². The predicted molar refractivity (Wildman–Crippen MR) is 123 cm³/mol. The van der Waals surface area contributed by atoms with E-state index in [1.165, 1.54) is 24.4 Å². The second-order valence-corrected chi connectivity index (χ2v) is 8.10. The number of oxazole rings is 1. The van der Waals surface area contributed by atoms with Crippen LogP contribution in [0.1, 0.15) is 19.4 Å². The molecule has 0 aliphatic heterocycles. The van der Waals surface area contributed by atoms with Crippen molar-refractivity contribution in [1.29, 1.82) is 0 Å². The van der Waals surface area contributed by atoms with Gasteiger partial charge in [-0.3, -0.25) is 0 Å². The van der Waals surface area contributed by atoms with E-state index in [9.17, 15) is 18.3 Å². The smallest absolute Gasteiger partial charge is 0.416 e. The predicted octanol–water partition coefficient (Wildman–Crippen LogP) is 5.84. The maximum Gasteiger partial charge on any atom is 0.416 e. The molecule has 0 fully saturated rings. The number of pyridine rings is 2. The maximum atomic E-state index is 13.0. The highest BCUT2D eigenvalue weighted by molar-refractivity contribution is 5.80. The number of hydrogen-bond donors (Lipinski definition) is 3. The number of rotatable bonds is 6. The van der Waals surface area contributed by atoms with E-state index in [1.807, 2.05) is 0 Å². The third-order valence-electron chi connectivity index (χ3n) is 4.97. The van der Waals surface area contributed by atoms with Crippen LogP contribution in [0, 0.1) is 5.92 Å². The third-order valence-corrected chi connectivity index (χ3v) is 4.97. The van der Waals surface area contributed by atoms with E-state index in [-0.39, 0.29) is 17.5 Å². The fraction of sp³-hybridized carbons (Fsp3) is 0.208. The second kappa shape index (κ2) is 9.05. The van der Waals surface area contributed by atoms with Crippen LogP contribution in [0.5, 0.6) is 5.75 Å². The van der Waals surface area contributed by atoms with Gasteiger partial charge in [0.1, 0.15) is 11.5 Å². The molecule has 4 N–H and O–H groups in total. The molecule has 0 aliphatic carbocycles. The molecule has 0 saturated heterocycles. The van der Waals surface area contributed by atoms with Crippen LogP contribution in [0.25, 0.3) is 34.0 Å². The Kier molecular flexibility index (Phi) is 6.14. The van der Waals surface area contributed by atoms with Crippen molar-refractivity contribution in [2.45, 2.75) is 20.0 Å². The fourth-order valence-corrected chi connectivity index (χ4v) is 3.21. The van der Waals surface area contributed by atoms with Crippen LogP contribution in [-0.2, 0) is 6.18 Å². The first kappa shape index (κ1) is 23.1. The molecule has 0 amide bonds. The van der Waals surface area contributed by atoms with Crippen molar-refractivity contribution >= 4 is 11.6 Å². The van der Waals surface area contributed by atoms with E-state index in [0.717, 1.165) is 12.1 Å². The Hall–Kier alpha value is -4.08. The second-order valence-electron chi connectivity index (χ2n) is 8.10. The van der Waals surface area contributed by atoms with Crippen LogP contribution in [-0.4, -0.2) is 26.6 Å². The monoisotopic (exact) mass is 469 g/mol. The Labute approximate surface area is 193 Å². The zero-order valence-corrected chi connectivity index (χ0v) is 18.4. The molecule has 0 bridgehead atoms. The molecule has 4 aromatic rings. The van der Waals surface area contributed by atoms with Gasteiger partial charge in [0.05, 0.1) is 5.56 Å². The molecule has 3 heterocycles. The highest BCUT2D eigenvalue weighted by atomic mass is 19.4. The standard InChI is InChI=1S/C24H22F3N5O2/c1-13(2)11-30-19-10-15(7-8-29-19)21-20(16-9-18(33)22(28)31-12-16)32-23(34-21)14-3-5-17(6-4-14)24(25,26)27/h3-10,12-13,33H,11H2,1-2H3,(H2,28,31)(H,29,30). The lowest BCUT2D eigenvalue weighted by Crippen LogP contribution is -2.08. The molecular weight excluding hydrogens is 447 g/mol. The molecule has 10 heteroatoms. The van der Waals surface area contributed by atoms with Crippen LogP contribution in [0.3, 0.4) is 0 Å². The largest absolute Gasteiger partial charge is 0.504 e. The molecule has 34 heavy (non-hydrogen) atoms. The Bertz CT molecular complexity index is 1300. The molecule has 0 spiro atoms. The average molecular weight is 469 g/mol. The van der Waals surface area contributed by atoms with Gasteiger partial charge in [-0.05, 0) is 48.4 Å². The summed E-state index contributed by atoms with van der Waals surface area (Å²) in [7, 11) is 0. The van der Waals surface area contributed by atoms with E-state index < -0.39 is 11.7 Å². The Balaban J connectivity index is 1.81. The summed E-state index contributed by atoms with van der Waals surface area (Å²) in [4.78, 5) is 12.8. The fourth-order valence-electron chi connectivity index (χ4n) is 3.21. The van der Waals surface area contributed by atoms with Crippen LogP contribution in [0.4, 0.5) is 24.8 Å². The molecule has 0 unspecified atom stereocenters. The maximum absolute atomic E-state index is 13.0. The van der Waals surface area contributed by atoms with Crippen molar-refractivity contribution in [2.75, 3.05) is 17.6 Å². The molecule has 0 saturated carbocycles. The minimum absolute atomic E-state index is 0.0409. The van der Waals surface area contributed by atoms with Crippen molar-refractivity contribution in [1.82, 2.24) is 15.0 Å². The third kappa shape index (κ3) is 4.95. The normalized spacial score (nSPS) is 11.7. The lowest BCUT2D eigenvalue weighted by molar-refractivity contribution is -0.137. The van der Waals surface area contributed by atoms with Crippen molar-refractivity contribution in [3.8, 4) is 39.8 Å². The molecular formula is C24H22F3N5O2. The van der Waals surface area contributed by atoms with Gasteiger partial charge in [-0.25, -0.2) is 15.0 Å². The summed E-state index contributed by atoms with van der Waals surface area (Å²) in [5.74, 6) is 1.22. The van der Waals surface area contributed by atoms with Gasteiger partial charge in [-0.15, -0.1) is 0 Å². The number of aromatic hydroxyl groups is 1. The Morgan fingerprint density at radius 3 is 2.41 bits per heavy atom. The lowest BCUT2D eigenvalue weighted by atomic mass is 10.1. The van der Waals surface area contributed by atoms with Crippen LogP contribution in [0.15, 0.2) is 59.3 Å². The van der Waals surface area contributed by atoms with E-state index >= 15 is 0 Å². The highest BCUT2D eigenvalue weighted by Gasteiger charge is 2.30. The molecule has 3 aromatic heterocycles. The average Bonchev–Trinajstić information content (AvgIpc) is 3.25. The minimum Gasteiger partial charge on any atom is -0.504 e. The van der Waals surface area contributed by atoms with Gasteiger partial charge in [-0.1, -0.05) is 13.8 Å². The molecule has 176 valence electrons. The van der Waals surface area contributed by atoms with Gasteiger partial charge in [0.2, 0.25) is 5.89 Å². The first-order chi connectivity index (χ1) is 16.1. The molecule has 0 atom stereocenters. The highest BCUT2D eigenvalue weighted by Crippen LogP contribution is 2.38. The zero-order valence-electron chi connectivity index (χ0n) is 18.4. The number of alkyl halides is 3. The topological polar surface area (TPSA) is 110 Å². The first-order valence-corrected chi connectivity index (χ1v) is 10.5. The summed E-state index contributed by atoms with van der Waals surface area (Å²) in [5, 5.41) is 13.3. The van der Waals surface area contributed by atoms with Gasteiger partial charge in [-0.2, -0.15) is 13.2 Å². The summed E-state index contributed by atoms with van der Waals surface area (Å²) in [6.07, 6.45) is -1.40. The zero-order chi connectivity index (χ0) is 24.5. The SMILES string of the molecule is CC(C)CNc1cc(-c2oc(-c3ccc(C(F)(F)F)cc3)nc2-c2cnc(N)c(O)c2)ccn1. The number of nitrogens with zero attached hydrogens (tertiary/aromatic N) is 3. The number of nitrogen functional groups attached to an aromatic ring is 1. The van der Waals surface area contributed by atoms with Crippen LogP contribution in [0.2, 0.25) is 0 Å². The number of halogens is 3. The van der Waals surface area contributed by atoms with Gasteiger partial charge < -0.3 is 20.6 Å². The van der Waals surface area contributed by atoms with Crippen LogP contribution < -0.4 is 11.1 Å².